The zero-order chi connectivity index (χ0) is 19.0. The maximum absolute atomic E-state index is 13.7. The van der Waals surface area contributed by atoms with E-state index in [2.05, 4.69) is 21.3 Å². The number of hydrogen-bond acceptors (Lipinski definition) is 4. The van der Waals surface area contributed by atoms with Gasteiger partial charge in [0, 0.05) is 37.1 Å². The minimum absolute atomic E-state index is 0.378. The van der Waals surface area contributed by atoms with Crippen LogP contribution in [0.2, 0.25) is 0 Å². The molecule has 1 aliphatic carbocycles. The van der Waals surface area contributed by atoms with Crippen molar-refractivity contribution < 1.29 is 9.50 Å². The lowest BCUT2D eigenvalue weighted by molar-refractivity contribution is 0.199. The lowest BCUT2D eigenvalue weighted by Crippen LogP contribution is -2.03. The molecule has 4 rings (SSSR count). The van der Waals surface area contributed by atoms with Crippen LogP contribution in [0.3, 0.4) is 0 Å². The van der Waals surface area contributed by atoms with Gasteiger partial charge in [-0.15, -0.1) is 0 Å². The number of aliphatic hydroxyl groups is 1. The number of benzene rings is 1. The Morgan fingerprint density at radius 2 is 2.04 bits per heavy atom. The summed E-state index contributed by atoms with van der Waals surface area (Å²) in [5.41, 5.74) is 4.78. The van der Waals surface area contributed by atoms with Crippen LogP contribution in [0.4, 0.5) is 4.39 Å². The van der Waals surface area contributed by atoms with Crippen molar-refractivity contribution in [3.05, 3.63) is 65.1 Å². The van der Waals surface area contributed by atoms with Crippen molar-refractivity contribution in [1.82, 2.24) is 19.7 Å². The van der Waals surface area contributed by atoms with Gasteiger partial charge in [0.25, 0.3) is 0 Å². The number of nitrogens with zero attached hydrogens (tertiary/aromatic N) is 4. The number of halogens is 1. The standard InChI is InChI=1S/C21H23FN4O/c1-13-16(12-26(25-13)11-15-3-4-15)9-20-21(24-8-7-23-20)18-6-5-17(22)10-19(18)14(2)27/h5-8,10,12,14-15,27H,3-4,9,11H2,1-2H3/t14-/m1/s1. The van der Waals surface area contributed by atoms with Crippen LogP contribution < -0.4 is 0 Å². The van der Waals surface area contributed by atoms with Crippen LogP contribution in [0.1, 0.15) is 48.4 Å². The molecule has 1 atom stereocenters. The highest BCUT2D eigenvalue weighted by Gasteiger charge is 2.23. The maximum atomic E-state index is 13.7. The van der Waals surface area contributed by atoms with Gasteiger partial charge in [-0.25, -0.2) is 4.39 Å². The molecule has 6 heteroatoms. The van der Waals surface area contributed by atoms with Gasteiger partial charge in [0.2, 0.25) is 0 Å². The van der Waals surface area contributed by atoms with E-state index in [-0.39, 0.29) is 5.82 Å². The molecule has 0 aliphatic heterocycles. The minimum Gasteiger partial charge on any atom is -0.389 e. The molecule has 0 unspecified atom stereocenters. The molecule has 0 bridgehead atoms. The Bertz CT molecular complexity index is 963. The summed E-state index contributed by atoms with van der Waals surface area (Å²) in [7, 11) is 0. The van der Waals surface area contributed by atoms with Crippen molar-refractivity contribution in [2.75, 3.05) is 0 Å². The monoisotopic (exact) mass is 366 g/mol. The van der Waals surface area contributed by atoms with Gasteiger partial charge in [-0.3, -0.25) is 14.6 Å². The number of aryl methyl sites for hydroxylation is 1. The fraction of sp³-hybridized carbons (Fsp3) is 0.381. The van der Waals surface area contributed by atoms with Crippen molar-refractivity contribution in [2.24, 2.45) is 5.92 Å². The molecule has 0 radical (unpaired) electrons. The second-order valence-corrected chi connectivity index (χ2v) is 7.34. The summed E-state index contributed by atoms with van der Waals surface area (Å²) in [5, 5.41) is 14.7. The fourth-order valence-corrected chi connectivity index (χ4v) is 3.39. The van der Waals surface area contributed by atoms with Gasteiger partial charge >= 0.3 is 0 Å². The summed E-state index contributed by atoms with van der Waals surface area (Å²) >= 11 is 0. The van der Waals surface area contributed by atoms with Gasteiger partial charge in [0.15, 0.2) is 0 Å². The van der Waals surface area contributed by atoms with Crippen molar-refractivity contribution in [1.29, 1.82) is 0 Å². The molecule has 140 valence electrons. The topological polar surface area (TPSA) is 63.8 Å². The lowest BCUT2D eigenvalue weighted by atomic mass is 9.97. The highest BCUT2D eigenvalue weighted by Crippen LogP contribution is 2.32. The summed E-state index contributed by atoms with van der Waals surface area (Å²) < 4.78 is 15.7. The zero-order valence-corrected chi connectivity index (χ0v) is 15.6. The van der Waals surface area contributed by atoms with E-state index in [1.807, 2.05) is 11.6 Å². The highest BCUT2D eigenvalue weighted by atomic mass is 19.1. The second kappa shape index (κ2) is 7.19. The van der Waals surface area contributed by atoms with Crippen LogP contribution in [-0.4, -0.2) is 24.9 Å². The Morgan fingerprint density at radius 1 is 1.26 bits per heavy atom. The molecule has 0 saturated heterocycles. The van der Waals surface area contributed by atoms with Gasteiger partial charge in [0.05, 0.1) is 23.2 Å². The first-order chi connectivity index (χ1) is 13.0. The van der Waals surface area contributed by atoms with E-state index in [0.717, 1.165) is 29.4 Å². The molecule has 2 heterocycles. The average molecular weight is 366 g/mol. The van der Waals surface area contributed by atoms with Gasteiger partial charge in [-0.05, 0) is 61.9 Å². The highest BCUT2D eigenvalue weighted by molar-refractivity contribution is 5.66. The third-order valence-corrected chi connectivity index (χ3v) is 5.04. The molecule has 3 aromatic rings. The Balaban J connectivity index is 1.69. The molecular formula is C21H23FN4O. The summed E-state index contributed by atoms with van der Waals surface area (Å²) in [6.07, 6.45) is 7.74. The molecule has 1 aliphatic rings. The summed E-state index contributed by atoms with van der Waals surface area (Å²) in [6.45, 7) is 4.60. The normalized spacial score (nSPS) is 15.1. The number of hydrogen-bond donors (Lipinski definition) is 1. The molecule has 5 nitrogen and oxygen atoms in total. The molecule has 1 N–H and O–H groups in total. The summed E-state index contributed by atoms with van der Waals surface area (Å²) in [4.78, 5) is 9.01. The van der Waals surface area contributed by atoms with E-state index >= 15 is 0 Å². The van der Waals surface area contributed by atoms with E-state index in [1.54, 1.807) is 25.4 Å². The largest absolute Gasteiger partial charge is 0.389 e. The average Bonchev–Trinajstić information content (AvgIpc) is 3.38. The van der Waals surface area contributed by atoms with Crippen LogP contribution in [0, 0.1) is 18.7 Å². The third kappa shape index (κ3) is 3.90. The SMILES string of the molecule is Cc1nn(CC2CC2)cc1Cc1nccnc1-c1ccc(F)cc1[C@@H](C)O. The van der Waals surface area contributed by atoms with E-state index in [9.17, 15) is 9.50 Å². The Morgan fingerprint density at radius 3 is 2.78 bits per heavy atom. The van der Waals surface area contributed by atoms with Crippen molar-refractivity contribution >= 4 is 0 Å². The first kappa shape index (κ1) is 17.8. The van der Waals surface area contributed by atoms with Crippen LogP contribution in [-0.2, 0) is 13.0 Å². The Labute approximate surface area is 157 Å². The molecule has 1 fully saturated rings. The van der Waals surface area contributed by atoms with Crippen molar-refractivity contribution in [2.45, 2.75) is 45.8 Å². The molecule has 1 aromatic carbocycles. The fourth-order valence-electron chi connectivity index (χ4n) is 3.39. The molecule has 1 saturated carbocycles. The first-order valence-electron chi connectivity index (χ1n) is 9.32. The molecule has 27 heavy (non-hydrogen) atoms. The quantitative estimate of drug-likeness (QED) is 0.720. The Kier molecular flexibility index (Phi) is 4.74. The van der Waals surface area contributed by atoms with Crippen molar-refractivity contribution in [3.63, 3.8) is 0 Å². The summed E-state index contributed by atoms with van der Waals surface area (Å²) in [5.74, 6) is 0.384. The first-order valence-corrected chi connectivity index (χ1v) is 9.32. The number of rotatable bonds is 6. The Hall–Kier alpha value is -2.60. The van der Waals surface area contributed by atoms with E-state index in [1.165, 1.54) is 25.0 Å². The lowest BCUT2D eigenvalue weighted by Gasteiger charge is -2.14. The summed E-state index contributed by atoms with van der Waals surface area (Å²) in [6, 6.07) is 4.41. The molecule has 2 aromatic heterocycles. The third-order valence-electron chi connectivity index (χ3n) is 5.04. The second-order valence-electron chi connectivity index (χ2n) is 7.34. The van der Waals surface area contributed by atoms with Crippen LogP contribution >= 0.6 is 0 Å². The van der Waals surface area contributed by atoms with Gasteiger partial charge in [-0.2, -0.15) is 5.10 Å². The predicted octanol–water partition coefficient (Wildman–Crippen LogP) is 3.84. The minimum atomic E-state index is -0.798. The van der Waals surface area contributed by atoms with E-state index < -0.39 is 6.10 Å². The maximum Gasteiger partial charge on any atom is 0.123 e. The van der Waals surface area contributed by atoms with Gasteiger partial charge in [-0.1, -0.05) is 0 Å². The van der Waals surface area contributed by atoms with E-state index in [0.29, 0.717) is 23.2 Å². The number of aromatic nitrogens is 4. The number of aliphatic hydroxyl groups excluding tert-OH is 1. The van der Waals surface area contributed by atoms with Gasteiger partial charge < -0.3 is 5.11 Å². The van der Waals surface area contributed by atoms with E-state index in [4.69, 9.17) is 0 Å². The predicted molar refractivity (Wildman–Crippen MR) is 101 cm³/mol. The molecule has 0 spiro atoms. The van der Waals surface area contributed by atoms with Crippen molar-refractivity contribution in [3.8, 4) is 11.3 Å². The van der Waals surface area contributed by atoms with Crippen LogP contribution in [0.15, 0.2) is 36.8 Å². The van der Waals surface area contributed by atoms with Crippen LogP contribution in [0.5, 0.6) is 0 Å². The molecular weight excluding hydrogens is 343 g/mol. The van der Waals surface area contributed by atoms with Gasteiger partial charge in [0.1, 0.15) is 5.82 Å². The smallest absolute Gasteiger partial charge is 0.123 e. The molecule has 0 amide bonds. The van der Waals surface area contributed by atoms with Crippen LogP contribution in [0.25, 0.3) is 11.3 Å². The zero-order valence-electron chi connectivity index (χ0n) is 15.6.